The first-order chi connectivity index (χ1) is 13.6. The van der Waals surface area contributed by atoms with Crippen LogP contribution in [-0.2, 0) is 28.6 Å². The van der Waals surface area contributed by atoms with E-state index in [-0.39, 0.29) is 37.5 Å². The van der Waals surface area contributed by atoms with Crippen LogP contribution in [0.4, 0.5) is 0 Å². The zero-order chi connectivity index (χ0) is 21.9. The summed E-state index contributed by atoms with van der Waals surface area (Å²) in [6.45, 7) is 14.0. The maximum atomic E-state index is 12.3. The zero-order valence-electron chi connectivity index (χ0n) is 18.6. The summed E-state index contributed by atoms with van der Waals surface area (Å²) in [4.78, 5) is 42.1. The monoisotopic (exact) mass is 415 g/mol. The van der Waals surface area contributed by atoms with E-state index in [9.17, 15) is 14.4 Å². The molecule has 0 bridgehead atoms. The zero-order valence-corrected chi connectivity index (χ0v) is 18.6. The Labute approximate surface area is 174 Å². The quantitative estimate of drug-likeness (QED) is 0.412. The Morgan fingerprint density at radius 1 is 0.655 bits per heavy atom. The third kappa shape index (κ3) is 11.8. The van der Waals surface area contributed by atoms with Crippen LogP contribution in [0.5, 0.6) is 0 Å². The van der Waals surface area contributed by atoms with Gasteiger partial charge in [-0.2, -0.15) is 0 Å². The first-order valence-electron chi connectivity index (χ1n) is 10.3. The van der Waals surface area contributed by atoms with Crippen molar-refractivity contribution in [2.45, 2.75) is 40.2 Å². The summed E-state index contributed by atoms with van der Waals surface area (Å²) in [6, 6.07) is 0. The molecule has 0 atom stereocenters. The van der Waals surface area contributed by atoms with Crippen molar-refractivity contribution in [2.75, 3.05) is 72.1 Å². The molecule has 0 unspecified atom stereocenters. The lowest BCUT2D eigenvalue weighted by Crippen LogP contribution is -2.42. The molecule has 1 aliphatic heterocycles. The Morgan fingerprint density at radius 3 is 1.24 bits per heavy atom. The Hall–Kier alpha value is -1.71. The van der Waals surface area contributed by atoms with E-state index in [0.29, 0.717) is 52.5 Å². The second-order valence-corrected chi connectivity index (χ2v) is 8.02. The molecule has 168 valence electrons. The minimum Gasteiger partial charge on any atom is -0.465 e. The van der Waals surface area contributed by atoms with Crippen molar-refractivity contribution in [3.8, 4) is 0 Å². The summed E-state index contributed by atoms with van der Waals surface area (Å²) in [7, 11) is 0. The molecule has 1 heterocycles. The second kappa shape index (κ2) is 12.8. The van der Waals surface area contributed by atoms with E-state index in [1.165, 1.54) is 0 Å². The fourth-order valence-electron chi connectivity index (χ4n) is 2.99. The molecular weight excluding hydrogens is 378 g/mol. The van der Waals surface area contributed by atoms with Gasteiger partial charge in [0, 0.05) is 39.3 Å². The molecule has 0 aromatic carbocycles. The Balaban J connectivity index is 2.77. The smallest absolute Gasteiger partial charge is 0.320 e. The summed E-state index contributed by atoms with van der Waals surface area (Å²) < 4.78 is 15.6. The normalized spacial score (nSPS) is 17.7. The molecule has 29 heavy (non-hydrogen) atoms. The summed E-state index contributed by atoms with van der Waals surface area (Å²) in [5, 5.41) is 0. The lowest BCUT2D eigenvalue weighted by atomic mass is 10.2. The van der Waals surface area contributed by atoms with Crippen LogP contribution in [0.25, 0.3) is 0 Å². The van der Waals surface area contributed by atoms with E-state index < -0.39 is 5.60 Å². The van der Waals surface area contributed by atoms with Crippen LogP contribution in [0.3, 0.4) is 0 Å². The SMILES string of the molecule is CCOC(=O)CN1CCN(CC(=O)OCC)CCN(CC(=O)OC(C)(C)C)CC1. The van der Waals surface area contributed by atoms with Gasteiger partial charge in [-0.25, -0.2) is 0 Å². The van der Waals surface area contributed by atoms with Crippen LogP contribution < -0.4 is 0 Å². The molecule has 0 aliphatic carbocycles. The van der Waals surface area contributed by atoms with Crippen LogP contribution in [0.2, 0.25) is 0 Å². The standard InChI is InChI=1S/C20H37N3O6/c1-6-27-17(24)14-21-8-9-22(15-18(25)28-7-2)11-13-23(12-10-21)16-19(26)29-20(3,4)5/h6-16H2,1-5H3. The number of carbonyl (C=O) groups is 3. The molecule has 0 aromatic rings. The van der Waals surface area contributed by atoms with Gasteiger partial charge in [0.05, 0.1) is 32.8 Å². The third-order valence-electron chi connectivity index (χ3n) is 4.29. The van der Waals surface area contributed by atoms with Crippen LogP contribution >= 0.6 is 0 Å². The van der Waals surface area contributed by atoms with E-state index in [1.54, 1.807) is 13.8 Å². The predicted molar refractivity (Wildman–Crippen MR) is 108 cm³/mol. The lowest BCUT2D eigenvalue weighted by Gasteiger charge is -2.26. The summed E-state index contributed by atoms with van der Waals surface area (Å²) in [5.41, 5.74) is -0.539. The van der Waals surface area contributed by atoms with Gasteiger partial charge in [0.15, 0.2) is 0 Å². The summed E-state index contributed by atoms with van der Waals surface area (Å²) in [5.74, 6) is -0.838. The molecule has 0 saturated carbocycles. The van der Waals surface area contributed by atoms with Crippen LogP contribution in [-0.4, -0.2) is 110 Å². The van der Waals surface area contributed by atoms with Gasteiger partial charge in [-0.15, -0.1) is 0 Å². The highest BCUT2D eigenvalue weighted by atomic mass is 16.6. The maximum absolute atomic E-state index is 12.3. The summed E-state index contributed by atoms with van der Waals surface area (Å²) in [6.07, 6.45) is 0. The Kier molecular flexibility index (Phi) is 11.2. The second-order valence-electron chi connectivity index (χ2n) is 8.02. The van der Waals surface area contributed by atoms with E-state index in [0.717, 1.165) is 0 Å². The fraction of sp³-hybridized carbons (Fsp3) is 0.850. The minimum atomic E-state index is -0.539. The minimum absolute atomic E-state index is 0.164. The highest BCUT2D eigenvalue weighted by Gasteiger charge is 2.23. The van der Waals surface area contributed by atoms with Crippen LogP contribution in [0.15, 0.2) is 0 Å². The van der Waals surface area contributed by atoms with E-state index >= 15 is 0 Å². The number of hydrogen-bond acceptors (Lipinski definition) is 9. The molecule has 0 spiro atoms. The molecule has 9 heteroatoms. The molecule has 1 rings (SSSR count). The van der Waals surface area contributed by atoms with Crippen molar-refractivity contribution < 1.29 is 28.6 Å². The van der Waals surface area contributed by atoms with Crippen molar-refractivity contribution in [1.29, 1.82) is 0 Å². The molecule has 0 N–H and O–H groups in total. The number of ether oxygens (including phenoxy) is 3. The first kappa shape index (κ1) is 25.3. The fourth-order valence-corrected chi connectivity index (χ4v) is 2.99. The van der Waals surface area contributed by atoms with Crippen LogP contribution in [0.1, 0.15) is 34.6 Å². The first-order valence-corrected chi connectivity index (χ1v) is 10.3. The molecule has 9 nitrogen and oxygen atoms in total. The van der Waals surface area contributed by atoms with E-state index in [1.807, 2.05) is 35.5 Å². The Morgan fingerprint density at radius 2 is 0.966 bits per heavy atom. The highest BCUT2D eigenvalue weighted by Crippen LogP contribution is 2.08. The van der Waals surface area contributed by atoms with Gasteiger partial charge in [0.1, 0.15) is 5.60 Å². The summed E-state index contributed by atoms with van der Waals surface area (Å²) >= 11 is 0. The highest BCUT2D eigenvalue weighted by molar-refractivity contribution is 5.72. The molecule has 1 aliphatic rings. The number of esters is 3. The van der Waals surface area contributed by atoms with Crippen molar-refractivity contribution in [3.05, 3.63) is 0 Å². The molecule has 1 fully saturated rings. The largest absolute Gasteiger partial charge is 0.465 e. The van der Waals surface area contributed by atoms with E-state index in [2.05, 4.69) is 0 Å². The average molecular weight is 416 g/mol. The number of hydrogen-bond donors (Lipinski definition) is 0. The molecular formula is C20H37N3O6. The molecule has 0 amide bonds. The van der Waals surface area contributed by atoms with Gasteiger partial charge in [0.25, 0.3) is 0 Å². The molecule has 1 saturated heterocycles. The van der Waals surface area contributed by atoms with Gasteiger partial charge in [-0.1, -0.05) is 0 Å². The van der Waals surface area contributed by atoms with Crippen LogP contribution in [0, 0.1) is 0 Å². The molecule has 0 radical (unpaired) electrons. The molecule has 0 aromatic heterocycles. The Bertz CT molecular complexity index is 503. The maximum Gasteiger partial charge on any atom is 0.320 e. The number of carbonyl (C=O) groups excluding carboxylic acids is 3. The van der Waals surface area contributed by atoms with Crippen molar-refractivity contribution in [1.82, 2.24) is 14.7 Å². The van der Waals surface area contributed by atoms with Gasteiger partial charge in [0.2, 0.25) is 0 Å². The van der Waals surface area contributed by atoms with Gasteiger partial charge >= 0.3 is 17.9 Å². The number of rotatable bonds is 8. The van der Waals surface area contributed by atoms with Gasteiger partial charge in [-0.05, 0) is 34.6 Å². The van der Waals surface area contributed by atoms with Gasteiger partial charge in [-0.3, -0.25) is 29.1 Å². The van der Waals surface area contributed by atoms with Crippen molar-refractivity contribution in [2.24, 2.45) is 0 Å². The van der Waals surface area contributed by atoms with E-state index in [4.69, 9.17) is 14.2 Å². The number of nitrogens with zero attached hydrogens (tertiary/aromatic N) is 3. The van der Waals surface area contributed by atoms with Crippen molar-refractivity contribution >= 4 is 17.9 Å². The van der Waals surface area contributed by atoms with Crippen molar-refractivity contribution in [3.63, 3.8) is 0 Å². The van der Waals surface area contributed by atoms with Gasteiger partial charge < -0.3 is 14.2 Å². The predicted octanol–water partition coefficient (Wildman–Crippen LogP) is 0.374. The topological polar surface area (TPSA) is 88.6 Å². The lowest BCUT2D eigenvalue weighted by molar-refractivity contribution is -0.156. The third-order valence-corrected chi connectivity index (χ3v) is 4.29. The average Bonchev–Trinajstić information content (AvgIpc) is 2.67.